The molecule has 160 valence electrons. The fourth-order valence-electron chi connectivity index (χ4n) is 4.21. The summed E-state index contributed by atoms with van der Waals surface area (Å²) < 4.78 is 5.08. The first-order valence-corrected chi connectivity index (χ1v) is 11.6. The molecule has 0 spiro atoms. The Morgan fingerprint density at radius 3 is 2.60 bits per heavy atom. The van der Waals surface area contributed by atoms with Crippen molar-refractivity contribution in [3.8, 4) is 5.75 Å². The third-order valence-corrected chi connectivity index (χ3v) is 7.39. The molecular weight excluding hydrogens is 418 g/mol. The van der Waals surface area contributed by atoms with E-state index in [2.05, 4.69) is 15.1 Å². The van der Waals surface area contributed by atoms with Crippen molar-refractivity contribution in [2.75, 3.05) is 43.5 Å². The number of thiocarbonyl (C=S) groups is 1. The minimum absolute atomic E-state index is 0.288. The van der Waals surface area contributed by atoms with Crippen LogP contribution in [0.5, 0.6) is 5.75 Å². The lowest BCUT2D eigenvalue weighted by atomic mass is 10.1. The second-order valence-electron chi connectivity index (χ2n) is 7.65. The van der Waals surface area contributed by atoms with Crippen LogP contribution in [-0.4, -0.2) is 54.4 Å². The Labute approximate surface area is 186 Å². The Morgan fingerprint density at radius 2 is 1.87 bits per heavy atom. The first-order chi connectivity index (χ1) is 14.6. The van der Waals surface area contributed by atoms with Crippen molar-refractivity contribution in [2.24, 2.45) is 0 Å². The molecule has 1 saturated heterocycles. The molecule has 0 bridgehead atoms. The third kappa shape index (κ3) is 4.25. The topological polar surface area (TPSA) is 65.0 Å². The molecule has 1 aliphatic carbocycles. The first-order valence-electron chi connectivity index (χ1n) is 10.4. The number of anilines is 2. The number of carbonyl (C=O) groups excluding carboxylic acids is 1. The molecule has 1 fully saturated rings. The van der Waals surface area contributed by atoms with Crippen LogP contribution < -0.4 is 10.2 Å². The minimum Gasteiger partial charge on any atom is -0.506 e. The Morgan fingerprint density at radius 1 is 1.13 bits per heavy atom. The number of esters is 1. The molecule has 6 nitrogen and oxygen atoms in total. The van der Waals surface area contributed by atoms with E-state index in [0.717, 1.165) is 68.1 Å². The molecule has 0 amide bonds. The number of nitrogens with zero attached hydrogens (tertiary/aromatic N) is 2. The molecule has 1 aliphatic heterocycles. The largest absolute Gasteiger partial charge is 0.506 e. The standard InChI is InChI=1S/C22H27N3O3S2/c1-28-21(27)19-15-7-3-2-4-10-18(15)30-20(19)23-22(29)25-13-11-24(12-14-25)16-8-5-6-9-17(16)26/h5-6,8-9,26H,2-4,7,10-14H2,1H3,(H,23,29). The van der Waals surface area contributed by atoms with Crippen LogP contribution in [-0.2, 0) is 17.6 Å². The summed E-state index contributed by atoms with van der Waals surface area (Å²) in [6.07, 6.45) is 5.39. The highest BCUT2D eigenvalue weighted by Crippen LogP contribution is 2.38. The van der Waals surface area contributed by atoms with Gasteiger partial charge in [-0.25, -0.2) is 4.79 Å². The van der Waals surface area contributed by atoms with Crippen molar-refractivity contribution in [3.05, 3.63) is 40.3 Å². The van der Waals surface area contributed by atoms with Gasteiger partial charge in [-0.15, -0.1) is 11.3 Å². The number of aryl methyl sites for hydroxylation is 1. The van der Waals surface area contributed by atoms with E-state index in [4.69, 9.17) is 17.0 Å². The second-order valence-corrected chi connectivity index (χ2v) is 9.14. The summed E-state index contributed by atoms with van der Waals surface area (Å²) in [6.45, 7) is 3.03. The predicted octanol–water partition coefficient (Wildman–Crippen LogP) is 4.03. The fraction of sp³-hybridized carbons (Fsp3) is 0.455. The number of benzene rings is 1. The molecule has 0 unspecified atom stereocenters. The average Bonchev–Trinajstić information content (AvgIpc) is 2.93. The van der Waals surface area contributed by atoms with Gasteiger partial charge in [0.25, 0.3) is 0 Å². The van der Waals surface area contributed by atoms with Gasteiger partial charge in [-0.1, -0.05) is 18.6 Å². The average molecular weight is 446 g/mol. The Kier molecular flexibility index (Phi) is 6.43. The van der Waals surface area contributed by atoms with Crippen molar-refractivity contribution in [2.45, 2.75) is 32.1 Å². The van der Waals surface area contributed by atoms with Crippen molar-refractivity contribution in [1.82, 2.24) is 4.90 Å². The van der Waals surface area contributed by atoms with Crippen LogP contribution in [0.3, 0.4) is 0 Å². The van der Waals surface area contributed by atoms with Crippen LogP contribution in [0.15, 0.2) is 24.3 Å². The number of piperazine rings is 1. The molecule has 1 aromatic heterocycles. The monoisotopic (exact) mass is 445 g/mol. The summed E-state index contributed by atoms with van der Waals surface area (Å²) in [5.74, 6) is 0.0125. The van der Waals surface area contributed by atoms with Crippen molar-refractivity contribution in [1.29, 1.82) is 0 Å². The van der Waals surface area contributed by atoms with Gasteiger partial charge in [0, 0.05) is 31.1 Å². The van der Waals surface area contributed by atoms with Crippen LogP contribution in [0.2, 0.25) is 0 Å². The highest BCUT2D eigenvalue weighted by Gasteiger charge is 2.27. The van der Waals surface area contributed by atoms with E-state index < -0.39 is 0 Å². The predicted molar refractivity (Wildman–Crippen MR) is 125 cm³/mol. The molecule has 30 heavy (non-hydrogen) atoms. The molecule has 2 aliphatic rings. The Hall–Kier alpha value is -2.32. The number of nitrogens with one attached hydrogen (secondary N) is 1. The molecule has 8 heteroatoms. The van der Waals surface area contributed by atoms with Gasteiger partial charge in [-0.2, -0.15) is 0 Å². The molecule has 4 rings (SSSR count). The maximum absolute atomic E-state index is 12.5. The number of hydrogen-bond donors (Lipinski definition) is 2. The summed E-state index contributed by atoms with van der Waals surface area (Å²) in [5.41, 5.74) is 2.65. The van der Waals surface area contributed by atoms with E-state index in [1.54, 1.807) is 17.4 Å². The SMILES string of the molecule is COC(=O)c1c(NC(=S)N2CCN(c3ccccc3O)CC2)sc2c1CCCCC2. The van der Waals surface area contributed by atoms with Crippen LogP contribution >= 0.6 is 23.6 Å². The highest BCUT2D eigenvalue weighted by molar-refractivity contribution is 7.80. The van der Waals surface area contributed by atoms with E-state index >= 15 is 0 Å². The number of ether oxygens (including phenoxy) is 1. The normalized spacial score (nSPS) is 16.6. The maximum atomic E-state index is 12.5. The quantitative estimate of drug-likeness (QED) is 0.420. The van der Waals surface area contributed by atoms with Crippen molar-refractivity contribution >= 4 is 45.3 Å². The van der Waals surface area contributed by atoms with E-state index in [-0.39, 0.29) is 5.97 Å². The fourth-order valence-corrected chi connectivity index (χ4v) is 5.83. The minimum atomic E-state index is -0.288. The lowest BCUT2D eigenvalue weighted by Crippen LogP contribution is -2.50. The molecule has 0 radical (unpaired) electrons. The molecule has 1 aromatic carbocycles. The zero-order valence-electron chi connectivity index (χ0n) is 17.1. The molecular formula is C22H27N3O3S2. The number of phenols is 1. The number of thiophene rings is 1. The van der Waals surface area contributed by atoms with Gasteiger partial charge in [0.05, 0.1) is 18.4 Å². The number of carbonyl (C=O) groups is 1. The number of hydrogen-bond acceptors (Lipinski definition) is 6. The number of rotatable bonds is 3. The molecule has 2 heterocycles. The molecule has 2 N–H and O–H groups in total. The summed E-state index contributed by atoms with van der Waals surface area (Å²) in [5, 5.41) is 14.9. The maximum Gasteiger partial charge on any atom is 0.341 e. The Bertz CT molecular complexity index is 936. The van der Waals surface area contributed by atoms with Crippen LogP contribution in [0.4, 0.5) is 10.7 Å². The highest BCUT2D eigenvalue weighted by atomic mass is 32.1. The molecule has 0 atom stereocenters. The van der Waals surface area contributed by atoms with Gasteiger partial charge >= 0.3 is 5.97 Å². The van der Waals surface area contributed by atoms with E-state index in [0.29, 0.717) is 16.4 Å². The van der Waals surface area contributed by atoms with Gasteiger partial charge in [0.2, 0.25) is 0 Å². The number of phenolic OH excluding ortho intramolecular Hbond substituents is 1. The molecule has 2 aromatic rings. The van der Waals surface area contributed by atoms with Gasteiger partial charge < -0.3 is 25.0 Å². The van der Waals surface area contributed by atoms with Gasteiger partial charge in [0.15, 0.2) is 5.11 Å². The number of methoxy groups -OCH3 is 1. The lowest BCUT2D eigenvalue weighted by Gasteiger charge is -2.37. The molecule has 0 saturated carbocycles. The van der Waals surface area contributed by atoms with Crippen LogP contribution in [0.25, 0.3) is 0 Å². The summed E-state index contributed by atoms with van der Waals surface area (Å²) in [4.78, 5) is 18.1. The Balaban J connectivity index is 1.46. The summed E-state index contributed by atoms with van der Waals surface area (Å²) in [7, 11) is 1.43. The number of fused-ring (bicyclic) bond motifs is 1. The summed E-state index contributed by atoms with van der Waals surface area (Å²) >= 11 is 7.33. The van der Waals surface area contributed by atoms with Crippen LogP contribution in [0.1, 0.15) is 40.1 Å². The van der Waals surface area contributed by atoms with Gasteiger partial charge in [-0.05, 0) is 55.6 Å². The van der Waals surface area contributed by atoms with Crippen molar-refractivity contribution in [3.63, 3.8) is 0 Å². The smallest absolute Gasteiger partial charge is 0.341 e. The van der Waals surface area contributed by atoms with E-state index in [1.165, 1.54) is 18.4 Å². The third-order valence-electron chi connectivity index (χ3n) is 5.82. The zero-order valence-corrected chi connectivity index (χ0v) is 18.8. The van der Waals surface area contributed by atoms with Crippen LogP contribution in [0, 0.1) is 0 Å². The number of para-hydroxylation sites is 2. The summed E-state index contributed by atoms with van der Waals surface area (Å²) in [6, 6.07) is 7.41. The van der Waals surface area contributed by atoms with Crippen molar-refractivity contribution < 1.29 is 14.6 Å². The zero-order chi connectivity index (χ0) is 21.1. The lowest BCUT2D eigenvalue weighted by molar-refractivity contribution is 0.0601. The van der Waals surface area contributed by atoms with E-state index in [1.807, 2.05) is 18.2 Å². The number of aromatic hydroxyl groups is 1. The van der Waals surface area contributed by atoms with Gasteiger partial charge in [-0.3, -0.25) is 0 Å². The first kappa shape index (κ1) is 20.9. The van der Waals surface area contributed by atoms with E-state index in [9.17, 15) is 9.90 Å². The van der Waals surface area contributed by atoms with Gasteiger partial charge in [0.1, 0.15) is 10.8 Å². The second kappa shape index (κ2) is 9.22.